The van der Waals surface area contributed by atoms with Gasteiger partial charge in [0, 0.05) is 0 Å². The standard InChI is InChI=1S/C14H13Cl.Zr/c1-11-7-9-14(15,10-8-11)13-6-4-3-5-12(13)2;/h1,3-9H,10H2,2H3;/q;+2. The molecule has 0 nitrogen and oxygen atoms in total. The molecule has 1 aliphatic rings. The van der Waals surface area contributed by atoms with E-state index in [0.717, 1.165) is 6.42 Å². The van der Waals surface area contributed by atoms with Crippen molar-refractivity contribution in [3.63, 3.8) is 0 Å². The Balaban J connectivity index is 2.37. The molecule has 2 heteroatoms. The normalized spacial score (nSPS) is 24.1. The van der Waals surface area contributed by atoms with Crippen LogP contribution in [0, 0.1) is 6.92 Å². The van der Waals surface area contributed by atoms with Crippen LogP contribution in [0.2, 0.25) is 0 Å². The third-order valence-electron chi connectivity index (χ3n) is 2.93. The molecule has 0 heterocycles. The number of benzene rings is 1. The van der Waals surface area contributed by atoms with Gasteiger partial charge in [-0.2, -0.15) is 0 Å². The Hall–Kier alpha value is -0.257. The summed E-state index contributed by atoms with van der Waals surface area (Å²) in [4.78, 5) is -0.353. The molecule has 0 bridgehead atoms. The zero-order valence-corrected chi connectivity index (χ0v) is 12.4. The van der Waals surface area contributed by atoms with Crippen molar-refractivity contribution < 1.29 is 24.2 Å². The van der Waals surface area contributed by atoms with Crippen LogP contribution in [0.1, 0.15) is 17.5 Å². The van der Waals surface area contributed by atoms with E-state index in [-0.39, 0.29) is 4.87 Å². The van der Waals surface area contributed by atoms with E-state index in [4.69, 9.17) is 11.6 Å². The molecule has 16 heavy (non-hydrogen) atoms. The van der Waals surface area contributed by atoms with Gasteiger partial charge in [-0.05, 0) is 0 Å². The van der Waals surface area contributed by atoms with E-state index >= 15 is 0 Å². The van der Waals surface area contributed by atoms with Crippen LogP contribution in [-0.4, -0.2) is 3.71 Å². The number of hydrogen-bond acceptors (Lipinski definition) is 0. The molecule has 0 saturated carbocycles. The van der Waals surface area contributed by atoms with Crippen LogP contribution in [0.3, 0.4) is 0 Å². The molecule has 1 aliphatic carbocycles. The van der Waals surface area contributed by atoms with Crippen LogP contribution >= 0.6 is 11.6 Å². The summed E-state index contributed by atoms with van der Waals surface area (Å²) >= 11 is 8.12. The first-order valence-electron chi connectivity index (χ1n) is 5.30. The minimum atomic E-state index is -0.353. The average Bonchev–Trinajstić information content (AvgIpc) is 2.30. The van der Waals surface area contributed by atoms with Gasteiger partial charge in [0.15, 0.2) is 0 Å². The van der Waals surface area contributed by atoms with Crippen molar-refractivity contribution in [2.75, 3.05) is 0 Å². The molecule has 1 aromatic rings. The zero-order chi connectivity index (χ0) is 11.6. The molecular weight excluding hydrogens is 295 g/mol. The molecule has 0 radical (unpaired) electrons. The Morgan fingerprint density at radius 2 is 2.12 bits per heavy atom. The predicted octanol–water partition coefficient (Wildman–Crippen LogP) is 3.66. The van der Waals surface area contributed by atoms with Crippen molar-refractivity contribution in [2.45, 2.75) is 18.2 Å². The van der Waals surface area contributed by atoms with Crippen LogP contribution in [0.4, 0.5) is 0 Å². The van der Waals surface area contributed by atoms with Crippen molar-refractivity contribution in [3.05, 3.63) is 59.2 Å². The van der Waals surface area contributed by atoms with Crippen LogP contribution in [0.5, 0.6) is 0 Å². The van der Waals surface area contributed by atoms with Gasteiger partial charge in [-0.25, -0.2) is 0 Å². The minimum absolute atomic E-state index is 0.353. The maximum atomic E-state index is 6.69. The third-order valence-corrected chi connectivity index (χ3v) is 4.24. The van der Waals surface area contributed by atoms with E-state index in [9.17, 15) is 0 Å². The Morgan fingerprint density at radius 3 is 2.69 bits per heavy atom. The van der Waals surface area contributed by atoms with Gasteiger partial charge < -0.3 is 0 Å². The first kappa shape index (κ1) is 12.2. The molecular formula is C14H13ClZr+2. The summed E-state index contributed by atoms with van der Waals surface area (Å²) in [7, 11) is 0. The van der Waals surface area contributed by atoms with E-state index in [1.54, 1.807) is 0 Å². The molecule has 1 atom stereocenters. The summed E-state index contributed by atoms with van der Waals surface area (Å²) < 4.78 is 2.19. The van der Waals surface area contributed by atoms with Gasteiger partial charge in [0.1, 0.15) is 0 Å². The van der Waals surface area contributed by atoms with E-state index in [1.165, 1.54) is 40.9 Å². The topological polar surface area (TPSA) is 0 Å². The van der Waals surface area contributed by atoms with E-state index in [1.807, 2.05) is 0 Å². The first-order valence-corrected chi connectivity index (χ1v) is 7.10. The molecule has 0 aromatic heterocycles. The summed E-state index contributed by atoms with van der Waals surface area (Å²) in [6.45, 7) is 2.11. The van der Waals surface area contributed by atoms with Gasteiger partial charge in [0.25, 0.3) is 0 Å². The molecule has 2 rings (SSSR count). The number of rotatable bonds is 2. The van der Waals surface area contributed by atoms with Crippen molar-refractivity contribution in [1.29, 1.82) is 0 Å². The first-order chi connectivity index (χ1) is 7.65. The third kappa shape index (κ3) is 2.36. The number of halogens is 1. The summed E-state index contributed by atoms with van der Waals surface area (Å²) in [5.41, 5.74) is 3.76. The fraction of sp³-hybridized carbons (Fsp3) is 0.214. The molecule has 0 fully saturated rings. The Labute approximate surface area is 116 Å². The molecule has 0 N–H and O–H groups in total. The second kappa shape index (κ2) is 4.94. The average molecular weight is 308 g/mol. The summed E-state index contributed by atoms with van der Waals surface area (Å²) in [5.74, 6) is 0. The van der Waals surface area contributed by atoms with Crippen molar-refractivity contribution >= 4 is 15.3 Å². The Bertz CT molecular complexity index is 473. The van der Waals surface area contributed by atoms with Crippen LogP contribution in [-0.2, 0) is 29.1 Å². The van der Waals surface area contributed by atoms with Crippen LogP contribution in [0.25, 0.3) is 0 Å². The second-order valence-electron chi connectivity index (χ2n) is 4.06. The maximum absolute atomic E-state index is 6.69. The number of aryl methyl sites for hydroxylation is 1. The summed E-state index contributed by atoms with van der Waals surface area (Å²) in [6.07, 6.45) is 7.33. The quantitative estimate of drug-likeness (QED) is 0.731. The molecule has 1 unspecified atom stereocenters. The van der Waals surface area contributed by atoms with Crippen molar-refractivity contribution in [3.8, 4) is 0 Å². The predicted molar refractivity (Wildman–Crippen MR) is 66.6 cm³/mol. The van der Waals surface area contributed by atoms with Crippen molar-refractivity contribution in [2.24, 2.45) is 0 Å². The summed E-state index contributed by atoms with van der Waals surface area (Å²) in [5, 5.41) is 0. The molecule has 0 spiro atoms. The Kier molecular flexibility index (Phi) is 3.77. The van der Waals surface area contributed by atoms with Gasteiger partial charge in [-0.15, -0.1) is 0 Å². The van der Waals surface area contributed by atoms with Gasteiger partial charge in [0.2, 0.25) is 0 Å². The number of allylic oxidation sites excluding steroid dienone is 4. The molecule has 0 saturated heterocycles. The second-order valence-corrected chi connectivity index (χ2v) is 5.45. The van der Waals surface area contributed by atoms with Gasteiger partial charge in [0.05, 0.1) is 0 Å². The SMILES string of the molecule is Cc1ccccc1C1(Cl)C=CC([CH]=[Zr+2])=CC1. The molecule has 0 aliphatic heterocycles. The number of alkyl halides is 1. The molecule has 78 valence electrons. The van der Waals surface area contributed by atoms with Gasteiger partial charge in [-0.3, -0.25) is 0 Å². The van der Waals surface area contributed by atoms with E-state index < -0.39 is 0 Å². The summed E-state index contributed by atoms with van der Waals surface area (Å²) in [6, 6.07) is 8.34. The Morgan fingerprint density at radius 1 is 1.38 bits per heavy atom. The molecule has 0 amide bonds. The van der Waals surface area contributed by atoms with Gasteiger partial charge >= 0.3 is 117 Å². The van der Waals surface area contributed by atoms with E-state index in [0.29, 0.717) is 0 Å². The van der Waals surface area contributed by atoms with Crippen LogP contribution < -0.4 is 0 Å². The fourth-order valence-corrected chi connectivity index (χ4v) is 2.86. The zero-order valence-electron chi connectivity index (χ0n) is 9.20. The fourth-order valence-electron chi connectivity index (χ4n) is 1.98. The van der Waals surface area contributed by atoms with Crippen LogP contribution in [0.15, 0.2) is 48.1 Å². The number of hydrogen-bond donors (Lipinski definition) is 0. The molecule has 1 aromatic carbocycles. The monoisotopic (exact) mass is 306 g/mol. The van der Waals surface area contributed by atoms with Crippen molar-refractivity contribution in [1.82, 2.24) is 0 Å². The van der Waals surface area contributed by atoms with E-state index in [2.05, 4.69) is 53.1 Å². The van der Waals surface area contributed by atoms with Gasteiger partial charge in [-0.1, -0.05) is 0 Å².